The lowest BCUT2D eigenvalue weighted by Crippen LogP contribution is -2.55. The van der Waals surface area contributed by atoms with E-state index in [0.29, 0.717) is 19.5 Å². The van der Waals surface area contributed by atoms with E-state index in [4.69, 9.17) is 5.73 Å². The molecule has 0 fully saturated rings. The minimum Gasteiger partial charge on any atom is -0.369 e. The fourth-order valence-corrected chi connectivity index (χ4v) is 2.65. The predicted molar refractivity (Wildman–Crippen MR) is 106 cm³/mol. The summed E-state index contributed by atoms with van der Waals surface area (Å²) in [5, 5.41) is 5.70. The molecule has 0 radical (unpaired) electrons. The maximum atomic E-state index is 12.7. The number of hydrogen-bond acceptors (Lipinski definition) is 4. The van der Waals surface area contributed by atoms with E-state index in [0.717, 1.165) is 12.0 Å². The first-order chi connectivity index (χ1) is 12.8. The predicted octanol–water partition coefficient (Wildman–Crippen LogP) is 0.539. The van der Waals surface area contributed by atoms with Gasteiger partial charge in [-0.3, -0.25) is 14.4 Å². The Kier molecular flexibility index (Phi) is 9.50. The maximum Gasteiger partial charge on any atom is 0.245 e. The summed E-state index contributed by atoms with van der Waals surface area (Å²) in [6.45, 7) is 4.46. The van der Waals surface area contributed by atoms with Crippen LogP contribution in [0.1, 0.15) is 25.8 Å². The standard InChI is InChI=1S/C20H32N4O3/c1-14(10-11-16-8-6-5-7-9-16)19(26)23-17(15(2)18(21)25)20(27)24(4)13-12-22-3/h5-9,14-15,17,22H,10-13H2,1-4H3,(H2,21,25)(H,23,26)/t14?,15-,17-/m1/s1. The van der Waals surface area contributed by atoms with Crippen molar-refractivity contribution in [3.8, 4) is 0 Å². The topological polar surface area (TPSA) is 105 Å². The summed E-state index contributed by atoms with van der Waals surface area (Å²) in [5.41, 5.74) is 6.54. The van der Waals surface area contributed by atoms with Gasteiger partial charge in [0.2, 0.25) is 17.7 Å². The van der Waals surface area contributed by atoms with Crippen LogP contribution in [0, 0.1) is 11.8 Å². The van der Waals surface area contributed by atoms with Gasteiger partial charge < -0.3 is 21.3 Å². The van der Waals surface area contributed by atoms with Crippen molar-refractivity contribution in [1.29, 1.82) is 0 Å². The Bertz CT molecular complexity index is 621. The van der Waals surface area contributed by atoms with Gasteiger partial charge in [-0.25, -0.2) is 0 Å². The first-order valence-corrected chi connectivity index (χ1v) is 9.31. The summed E-state index contributed by atoms with van der Waals surface area (Å²) in [4.78, 5) is 38.4. The summed E-state index contributed by atoms with van der Waals surface area (Å²) in [5.74, 6) is -2.27. The molecule has 0 bridgehead atoms. The third-order valence-corrected chi connectivity index (χ3v) is 4.74. The number of benzene rings is 1. The largest absolute Gasteiger partial charge is 0.369 e. The molecule has 3 amide bonds. The minimum absolute atomic E-state index is 0.251. The first-order valence-electron chi connectivity index (χ1n) is 9.31. The van der Waals surface area contributed by atoms with Crippen LogP contribution in [0.3, 0.4) is 0 Å². The van der Waals surface area contributed by atoms with Crippen LogP contribution in [0.4, 0.5) is 0 Å². The number of amides is 3. The Hall–Kier alpha value is -2.41. The molecule has 0 heterocycles. The summed E-state index contributed by atoms with van der Waals surface area (Å²) >= 11 is 0. The van der Waals surface area contributed by atoms with Crippen LogP contribution in [0.25, 0.3) is 0 Å². The Morgan fingerprint density at radius 2 is 1.78 bits per heavy atom. The quantitative estimate of drug-likeness (QED) is 0.524. The number of nitrogens with one attached hydrogen (secondary N) is 2. The van der Waals surface area contributed by atoms with Gasteiger partial charge in [0.15, 0.2) is 0 Å². The third-order valence-electron chi connectivity index (χ3n) is 4.74. The number of nitrogens with two attached hydrogens (primary N) is 1. The normalized spacial score (nSPS) is 14.1. The summed E-state index contributed by atoms with van der Waals surface area (Å²) in [6, 6.07) is 8.95. The molecule has 1 aromatic rings. The molecule has 7 nitrogen and oxygen atoms in total. The molecule has 0 spiro atoms. The highest BCUT2D eigenvalue weighted by atomic mass is 16.2. The SMILES string of the molecule is CNCCN(C)C(=O)[C@H](NC(=O)C(C)CCc1ccccc1)[C@@H](C)C(N)=O. The second kappa shape index (κ2) is 11.3. The highest BCUT2D eigenvalue weighted by Crippen LogP contribution is 2.12. The highest BCUT2D eigenvalue weighted by Gasteiger charge is 2.33. The Labute approximate surface area is 161 Å². The molecule has 0 aliphatic heterocycles. The molecule has 1 aromatic carbocycles. The fourth-order valence-electron chi connectivity index (χ4n) is 2.65. The molecule has 1 unspecified atom stereocenters. The van der Waals surface area contributed by atoms with Gasteiger partial charge in [0, 0.05) is 26.1 Å². The van der Waals surface area contributed by atoms with Crippen LogP contribution in [-0.2, 0) is 20.8 Å². The van der Waals surface area contributed by atoms with Crippen LogP contribution in [0.5, 0.6) is 0 Å². The molecule has 27 heavy (non-hydrogen) atoms. The van der Waals surface area contributed by atoms with Gasteiger partial charge in [-0.1, -0.05) is 44.2 Å². The molecular weight excluding hydrogens is 344 g/mol. The van der Waals surface area contributed by atoms with Gasteiger partial charge >= 0.3 is 0 Å². The number of aryl methyl sites for hydroxylation is 1. The Balaban J connectivity index is 2.73. The van der Waals surface area contributed by atoms with Crippen LogP contribution in [-0.4, -0.2) is 55.8 Å². The van der Waals surface area contributed by atoms with E-state index in [-0.39, 0.29) is 17.7 Å². The molecule has 3 atom stereocenters. The second-order valence-corrected chi connectivity index (χ2v) is 6.97. The van der Waals surface area contributed by atoms with E-state index >= 15 is 0 Å². The van der Waals surface area contributed by atoms with Crippen LogP contribution >= 0.6 is 0 Å². The van der Waals surface area contributed by atoms with Crippen molar-refractivity contribution in [3.05, 3.63) is 35.9 Å². The number of primary amides is 1. The monoisotopic (exact) mass is 376 g/mol. The van der Waals surface area contributed by atoms with E-state index in [1.165, 1.54) is 4.90 Å². The molecule has 0 saturated carbocycles. The van der Waals surface area contributed by atoms with Crippen LogP contribution < -0.4 is 16.4 Å². The van der Waals surface area contributed by atoms with Crippen molar-refractivity contribution in [2.24, 2.45) is 17.6 Å². The number of likely N-dealkylation sites (N-methyl/N-ethyl adjacent to an activating group) is 2. The van der Waals surface area contributed by atoms with Crippen molar-refractivity contribution in [1.82, 2.24) is 15.5 Å². The van der Waals surface area contributed by atoms with Crippen molar-refractivity contribution < 1.29 is 14.4 Å². The van der Waals surface area contributed by atoms with E-state index < -0.39 is 17.9 Å². The molecule has 0 aliphatic rings. The molecule has 7 heteroatoms. The number of nitrogens with zero attached hydrogens (tertiary/aromatic N) is 1. The van der Waals surface area contributed by atoms with Crippen molar-refractivity contribution in [3.63, 3.8) is 0 Å². The second-order valence-electron chi connectivity index (χ2n) is 6.97. The van der Waals surface area contributed by atoms with E-state index in [2.05, 4.69) is 10.6 Å². The van der Waals surface area contributed by atoms with E-state index in [1.807, 2.05) is 37.3 Å². The fraction of sp³-hybridized carbons (Fsp3) is 0.550. The van der Waals surface area contributed by atoms with E-state index in [9.17, 15) is 14.4 Å². The zero-order valence-corrected chi connectivity index (χ0v) is 16.7. The summed E-state index contributed by atoms with van der Waals surface area (Å²) in [6.07, 6.45) is 1.42. The zero-order valence-electron chi connectivity index (χ0n) is 16.7. The first kappa shape index (κ1) is 22.6. The van der Waals surface area contributed by atoms with Gasteiger partial charge in [0.05, 0.1) is 5.92 Å². The average Bonchev–Trinajstić information content (AvgIpc) is 2.67. The molecule has 150 valence electrons. The molecule has 0 saturated heterocycles. The molecule has 0 aliphatic carbocycles. The van der Waals surface area contributed by atoms with Gasteiger partial charge in [0.25, 0.3) is 0 Å². The summed E-state index contributed by atoms with van der Waals surface area (Å²) in [7, 11) is 3.43. The smallest absolute Gasteiger partial charge is 0.245 e. The van der Waals surface area contributed by atoms with Gasteiger partial charge in [-0.05, 0) is 25.5 Å². The van der Waals surface area contributed by atoms with Gasteiger partial charge in [0.1, 0.15) is 6.04 Å². The number of rotatable bonds is 11. The number of carbonyl (C=O) groups excluding carboxylic acids is 3. The van der Waals surface area contributed by atoms with Crippen molar-refractivity contribution in [2.75, 3.05) is 27.2 Å². The van der Waals surface area contributed by atoms with Gasteiger partial charge in [-0.2, -0.15) is 0 Å². The highest BCUT2D eigenvalue weighted by molar-refractivity contribution is 5.93. The third kappa shape index (κ3) is 7.38. The Morgan fingerprint density at radius 3 is 2.33 bits per heavy atom. The lowest BCUT2D eigenvalue weighted by atomic mass is 9.96. The number of hydrogen-bond donors (Lipinski definition) is 3. The summed E-state index contributed by atoms with van der Waals surface area (Å²) < 4.78 is 0. The van der Waals surface area contributed by atoms with Crippen LogP contribution in [0.15, 0.2) is 30.3 Å². The van der Waals surface area contributed by atoms with Crippen molar-refractivity contribution >= 4 is 17.7 Å². The van der Waals surface area contributed by atoms with Crippen LogP contribution in [0.2, 0.25) is 0 Å². The molecular formula is C20H32N4O3. The van der Waals surface area contributed by atoms with Gasteiger partial charge in [-0.15, -0.1) is 0 Å². The molecule has 4 N–H and O–H groups in total. The zero-order chi connectivity index (χ0) is 20.4. The maximum absolute atomic E-state index is 12.7. The van der Waals surface area contributed by atoms with E-state index in [1.54, 1.807) is 21.0 Å². The number of carbonyl (C=O) groups is 3. The lowest BCUT2D eigenvalue weighted by molar-refractivity contribution is -0.140. The average molecular weight is 377 g/mol. The molecule has 1 rings (SSSR count). The Morgan fingerprint density at radius 1 is 1.15 bits per heavy atom. The lowest BCUT2D eigenvalue weighted by Gasteiger charge is -2.28. The van der Waals surface area contributed by atoms with Crippen molar-refractivity contribution in [2.45, 2.75) is 32.7 Å². The molecule has 0 aromatic heterocycles. The minimum atomic E-state index is -0.962.